The molecular formula is C13H23N3O2. The van der Waals surface area contributed by atoms with Crippen molar-refractivity contribution in [2.24, 2.45) is 5.73 Å². The third kappa shape index (κ3) is 2.90. The number of aromatic nitrogens is 2. The van der Waals surface area contributed by atoms with Gasteiger partial charge >= 0.3 is 0 Å². The monoisotopic (exact) mass is 253 g/mol. The van der Waals surface area contributed by atoms with E-state index in [0.717, 1.165) is 31.5 Å². The van der Waals surface area contributed by atoms with Gasteiger partial charge in [0.15, 0.2) is 0 Å². The summed E-state index contributed by atoms with van der Waals surface area (Å²) < 4.78 is 11.2. The molecule has 1 fully saturated rings. The van der Waals surface area contributed by atoms with Crippen molar-refractivity contribution >= 4 is 0 Å². The molecule has 1 aliphatic rings. The molecule has 102 valence electrons. The largest absolute Gasteiger partial charge is 0.367 e. The van der Waals surface area contributed by atoms with Crippen LogP contribution in [0.2, 0.25) is 0 Å². The predicted octanol–water partition coefficient (Wildman–Crippen LogP) is 2.16. The van der Waals surface area contributed by atoms with Crippen LogP contribution in [0.15, 0.2) is 4.52 Å². The highest BCUT2D eigenvalue weighted by Gasteiger charge is 2.40. The molecule has 0 radical (unpaired) electrons. The number of hydrogen-bond donors (Lipinski definition) is 1. The molecule has 0 aromatic carbocycles. The van der Waals surface area contributed by atoms with Gasteiger partial charge in [0.05, 0.1) is 0 Å². The zero-order valence-electron chi connectivity index (χ0n) is 11.3. The molecule has 1 aromatic rings. The second kappa shape index (κ2) is 5.80. The lowest BCUT2D eigenvalue weighted by atomic mass is 10.0. The highest BCUT2D eigenvalue weighted by molar-refractivity contribution is 5.04. The molecule has 1 heterocycles. The van der Waals surface area contributed by atoms with Crippen molar-refractivity contribution < 1.29 is 9.26 Å². The van der Waals surface area contributed by atoms with Crippen molar-refractivity contribution in [1.82, 2.24) is 10.1 Å². The van der Waals surface area contributed by atoms with Gasteiger partial charge in [-0.15, -0.1) is 0 Å². The van der Waals surface area contributed by atoms with Gasteiger partial charge in [-0.25, -0.2) is 0 Å². The van der Waals surface area contributed by atoms with Gasteiger partial charge in [-0.2, -0.15) is 4.98 Å². The maximum Gasteiger partial charge on any atom is 0.226 e. The Hall–Kier alpha value is -0.940. The molecule has 5 nitrogen and oxygen atoms in total. The van der Waals surface area contributed by atoms with Gasteiger partial charge in [0.1, 0.15) is 5.60 Å². The molecule has 5 heteroatoms. The highest BCUT2D eigenvalue weighted by Crippen LogP contribution is 2.40. The van der Waals surface area contributed by atoms with Gasteiger partial charge in [-0.05, 0) is 46.0 Å². The Morgan fingerprint density at radius 1 is 1.44 bits per heavy atom. The maximum absolute atomic E-state index is 5.91. The lowest BCUT2D eigenvalue weighted by Crippen LogP contribution is -2.27. The SMILES string of the molecule is CCOC1(c2noc(CCC(C)N)n2)CCCC1. The van der Waals surface area contributed by atoms with Crippen LogP contribution in [0.5, 0.6) is 0 Å². The normalized spacial score (nSPS) is 20.2. The maximum atomic E-state index is 5.91. The molecule has 1 saturated carbocycles. The first-order valence-corrected chi connectivity index (χ1v) is 6.89. The Morgan fingerprint density at radius 2 is 2.17 bits per heavy atom. The second-order valence-corrected chi connectivity index (χ2v) is 5.16. The van der Waals surface area contributed by atoms with Crippen LogP contribution in [0.25, 0.3) is 0 Å². The molecule has 0 aliphatic heterocycles. The lowest BCUT2D eigenvalue weighted by Gasteiger charge is -2.24. The Labute approximate surface area is 108 Å². The average Bonchev–Trinajstić information content (AvgIpc) is 2.95. The lowest BCUT2D eigenvalue weighted by molar-refractivity contribution is -0.0469. The van der Waals surface area contributed by atoms with Crippen LogP contribution in [0.1, 0.15) is 57.7 Å². The Bertz CT molecular complexity index is 370. The topological polar surface area (TPSA) is 74.2 Å². The summed E-state index contributed by atoms with van der Waals surface area (Å²) in [4.78, 5) is 4.50. The first kappa shape index (κ1) is 13.5. The van der Waals surface area contributed by atoms with Crippen LogP contribution >= 0.6 is 0 Å². The predicted molar refractivity (Wildman–Crippen MR) is 68.0 cm³/mol. The van der Waals surface area contributed by atoms with Gasteiger partial charge in [-0.3, -0.25) is 0 Å². The molecule has 1 unspecified atom stereocenters. The highest BCUT2D eigenvalue weighted by atomic mass is 16.5. The van der Waals surface area contributed by atoms with E-state index in [1.54, 1.807) is 0 Å². The third-order valence-corrected chi connectivity index (χ3v) is 3.52. The summed E-state index contributed by atoms with van der Waals surface area (Å²) in [5.74, 6) is 1.40. The summed E-state index contributed by atoms with van der Waals surface area (Å²) in [6.45, 7) is 4.68. The van der Waals surface area contributed by atoms with Crippen molar-refractivity contribution in [1.29, 1.82) is 0 Å². The number of rotatable bonds is 6. The molecule has 1 aliphatic carbocycles. The van der Waals surface area contributed by atoms with Crippen molar-refractivity contribution in [2.45, 2.75) is 64.0 Å². The minimum Gasteiger partial charge on any atom is -0.367 e. The summed E-state index contributed by atoms with van der Waals surface area (Å²) in [5, 5.41) is 4.12. The van der Waals surface area contributed by atoms with E-state index in [-0.39, 0.29) is 11.6 Å². The minimum atomic E-state index is -0.301. The summed E-state index contributed by atoms with van der Waals surface area (Å²) in [6.07, 6.45) is 5.93. The summed E-state index contributed by atoms with van der Waals surface area (Å²) in [5.41, 5.74) is 5.43. The van der Waals surface area contributed by atoms with Gasteiger partial charge < -0.3 is 15.0 Å². The molecule has 2 N–H and O–H groups in total. The van der Waals surface area contributed by atoms with Crippen LogP contribution < -0.4 is 5.73 Å². The van der Waals surface area contributed by atoms with Crippen molar-refractivity contribution in [3.63, 3.8) is 0 Å². The Kier molecular flexibility index (Phi) is 4.35. The summed E-state index contributed by atoms with van der Waals surface area (Å²) in [7, 11) is 0. The third-order valence-electron chi connectivity index (χ3n) is 3.52. The van der Waals surface area contributed by atoms with Crippen molar-refractivity contribution in [2.75, 3.05) is 6.61 Å². The quantitative estimate of drug-likeness (QED) is 0.840. The standard InChI is InChI=1S/C13H23N3O2/c1-3-17-13(8-4-5-9-13)12-15-11(18-16-12)7-6-10(2)14/h10H,3-9,14H2,1-2H3. The van der Waals surface area contributed by atoms with Crippen LogP contribution in [0, 0.1) is 0 Å². The first-order chi connectivity index (χ1) is 8.66. The molecule has 18 heavy (non-hydrogen) atoms. The van der Waals surface area contributed by atoms with Crippen LogP contribution in [-0.2, 0) is 16.8 Å². The molecule has 2 rings (SSSR count). The zero-order chi connectivity index (χ0) is 13.0. The van der Waals surface area contributed by atoms with Gasteiger partial charge in [0.2, 0.25) is 11.7 Å². The van der Waals surface area contributed by atoms with Crippen molar-refractivity contribution in [3.05, 3.63) is 11.7 Å². The number of hydrogen-bond acceptors (Lipinski definition) is 5. The van der Waals surface area contributed by atoms with Crippen molar-refractivity contribution in [3.8, 4) is 0 Å². The smallest absolute Gasteiger partial charge is 0.226 e. The van der Waals surface area contributed by atoms with Crippen LogP contribution in [0.3, 0.4) is 0 Å². The number of nitrogens with two attached hydrogens (primary N) is 1. The first-order valence-electron chi connectivity index (χ1n) is 6.89. The molecule has 0 bridgehead atoms. The minimum absolute atomic E-state index is 0.160. The average molecular weight is 253 g/mol. The van der Waals surface area contributed by atoms with Gasteiger partial charge in [0, 0.05) is 19.1 Å². The van der Waals surface area contributed by atoms with E-state index in [2.05, 4.69) is 10.1 Å². The van der Waals surface area contributed by atoms with E-state index in [0.29, 0.717) is 12.5 Å². The molecule has 1 aromatic heterocycles. The van der Waals surface area contributed by atoms with E-state index in [1.165, 1.54) is 12.8 Å². The zero-order valence-corrected chi connectivity index (χ0v) is 11.3. The van der Waals surface area contributed by atoms with Gasteiger partial charge in [0.25, 0.3) is 0 Å². The fourth-order valence-electron chi connectivity index (χ4n) is 2.55. The molecule has 0 spiro atoms. The fraction of sp³-hybridized carbons (Fsp3) is 0.846. The Morgan fingerprint density at radius 3 is 2.78 bits per heavy atom. The number of aryl methyl sites for hydroxylation is 1. The molecular weight excluding hydrogens is 230 g/mol. The summed E-state index contributed by atoms with van der Waals surface area (Å²) in [6, 6.07) is 0.160. The van der Waals surface area contributed by atoms with E-state index in [9.17, 15) is 0 Å². The second-order valence-electron chi connectivity index (χ2n) is 5.16. The van der Waals surface area contributed by atoms with E-state index in [1.807, 2.05) is 13.8 Å². The fourth-order valence-corrected chi connectivity index (χ4v) is 2.55. The van der Waals surface area contributed by atoms with E-state index >= 15 is 0 Å². The van der Waals surface area contributed by atoms with Gasteiger partial charge in [-0.1, -0.05) is 5.16 Å². The van der Waals surface area contributed by atoms with Crippen LogP contribution in [-0.4, -0.2) is 22.8 Å². The van der Waals surface area contributed by atoms with E-state index < -0.39 is 0 Å². The Balaban J connectivity index is 2.07. The summed E-state index contributed by atoms with van der Waals surface area (Å²) >= 11 is 0. The number of nitrogens with zero attached hydrogens (tertiary/aromatic N) is 2. The van der Waals surface area contributed by atoms with Crippen LogP contribution in [0.4, 0.5) is 0 Å². The molecule has 0 saturated heterocycles. The molecule has 1 atom stereocenters. The number of ether oxygens (including phenoxy) is 1. The molecule has 0 amide bonds. The van der Waals surface area contributed by atoms with E-state index in [4.69, 9.17) is 15.0 Å².